The predicted molar refractivity (Wildman–Crippen MR) is 34.9 cm³/mol. The van der Waals surface area contributed by atoms with Crippen molar-refractivity contribution in [2.45, 2.75) is 6.92 Å². The van der Waals surface area contributed by atoms with Crippen molar-refractivity contribution >= 4 is 17.8 Å². The minimum atomic E-state index is -1.45. The van der Waals surface area contributed by atoms with E-state index in [1.807, 2.05) is 0 Å². The molecule has 1 heterocycles. The number of halogens is 1. The summed E-state index contributed by atoms with van der Waals surface area (Å²) in [5.41, 5.74) is 0.303. The number of carbonyl (C=O) groups is 1. The maximum Gasteiger partial charge on any atom is 0.511 e. The predicted octanol–water partition coefficient (Wildman–Crippen LogP) is 1.69. The maximum absolute atomic E-state index is 10.0. The van der Waals surface area contributed by atoms with Crippen molar-refractivity contribution in [2.24, 2.45) is 0 Å². The molecule has 1 aromatic rings. The maximum atomic E-state index is 10.0. The molecule has 0 radical (unpaired) electrons. The van der Waals surface area contributed by atoms with Gasteiger partial charge in [-0.15, -0.1) is 0 Å². The number of hydrogen-bond acceptors (Lipinski definition) is 4. The van der Waals surface area contributed by atoms with Crippen molar-refractivity contribution in [1.82, 2.24) is 5.16 Å². The number of carboxylic acid groups (broad SMARTS) is 1. The molecular weight excluding hydrogens is 174 g/mol. The fourth-order valence-electron chi connectivity index (χ4n) is 0.535. The highest BCUT2D eigenvalue weighted by atomic mass is 35.5. The second-order valence-electron chi connectivity index (χ2n) is 1.74. The van der Waals surface area contributed by atoms with Gasteiger partial charge in [0, 0.05) is 0 Å². The van der Waals surface area contributed by atoms with Gasteiger partial charge in [0.25, 0.3) is 5.22 Å². The van der Waals surface area contributed by atoms with Gasteiger partial charge in [-0.3, -0.25) is 0 Å². The highest BCUT2D eigenvalue weighted by Gasteiger charge is 2.14. The number of hydrogen-bond donors (Lipinski definition) is 1. The van der Waals surface area contributed by atoms with Crippen molar-refractivity contribution in [3.05, 3.63) is 10.9 Å². The lowest BCUT2D eigenvalue weighted by Crippen LogP contribution is -2.03. The molecule has 0 saturated carbocycles. The first-order chi connectivity index (χ1) is 5.11. The van der Waals surface area contributed by atoms with Gasteiger partial charge in [0.1, 0.15) is 5.69 Å². The summed E-state index contributed by atoms with van der Waals surface area (Å²) in [4.78, 5) is 10.0. The Bertz CT molecular complexity index is 263. The third kappa shape index (κ3) is 1.62. The van der Waals surface area contributed by atoms with Gasteiger partial charge < -0.3 is 14.4 Å². The standard InChI is InChI=1S/C5H4ClNO4/c1-2-3(10-5(8)9)4(6)11-7-2/h1H3,(H,8,9). The quantitative estimate of drug-likeness (QED) is 0.661. The first-order valence-corrected chi connectivity index (χ1v) is 3.01. The summed E-state index contributed by atoms with van der Waals surface area (Å²) >= 11 is 5.37. The molecule has 0 amide bonds. The SMILES string of the molecule is Cc1noc(Cl)c1OC(=O)O. The molecule has 0 atom stereocenters. The molecule has 0 bridgehead atoms. The van der Waals surface area contributed by atoms with Crippen LogP contribution >= 0.6 is 11.6 Å². The van der Waals surface area contributed by atoms with Crippen molar-refractivity contribution in [3.63, 3.8) is 0 Å². The van der Waals surface area contributed by atoms with E-state index in [1.165, 1.54) is 6.92 Å². The molecule has 11 heavy (non-hydrogen) atoms. The van der Waals surface area contributed by atoms with Gasteiger partial charge in [0.05, 0.1) is 0 Å². The van der Waals surface area contributed by atoms with Crippen LogP contribution in [0.5, 0.6) is 5.75 Å². The Balaban J connectivity index is 2.92. The van der Waals surface area contributed by atoms with Gasteiger partial charge in [-0.25, -0.2) is 4.79 Å². The summed E-state index contributed by atoms with van der Waals surface area (Å²) < 4.78 is 8.67. The molecule has 60 valence electrons. The minimum absolute atomic E-state index is 0.0563. The van der Waals surface area contributed by atoms with Crippen LogP contribution in [0.1, 0.15) is 5.69 Å². The van der Waals surface area contributed by atoms with Crippen molar-refractivity contribution in [3.8, 4) is 5.75 Å². The Hall–Kier alpha value is -1.23. The van der Waals surface area contributed by atoms with Crippen LogP contribution in [0.3, 0.4) is 0 Å². The Kier molecular flexibility index (Phi) is 2.00. The lowest BCUT2D eigenvalue weighted by Gasteiger charge is -1.93. The molecule has 0 aliphatic heterocycles. The van der Waals surface area contributed by atoms with E-state index in [9.17, 15) is 4.79 Å². The van der Waals surface area contributed by atoms with Gasteiger partial charge in [0.2, 0.25) is 5.75 Å². The van der Waals surface area contributed by atoms with Crippen LogP contribution in [0.25, 0.3) is 0 Å². The van der Waals surface area contributed by atoms with Crippen LogP contribution in [-0.2, 0) is 0 Å². The van der Waals surface area contributed by atoms with Crippen LogP contribution in [0.15, 0.2) is 4.52 Å². The molecule has 1 aromatic heterocycles. The number of rotatable bonds is 1. The van der Waals surface area contributed by atoms with E-state index in [0.29, 0.717) is 5.69 Å². The molecule has 0 spiro atoms. The summed E-state index contributed by atoms with van der Waals surface area (Å²) in [6.07, 6.45) is -1.45. The molecule has 0 aromatic carbocycles. The highest BCUT2D eigenvalue weighted by Crippen LogP contribution is 2.27. The first kappa shape index (κ1) is 7.87. The second-order valence-corrected chi connectivity index (χ2v) is 2.08. The van der Waals surface area contributed by atoms with Crippen molar-refractivity contribution in [2.75, 3.05) is 0 Å². The third-order valence-electron chi connectivity index (χ3n) is 0.959. The molecule has 5 nitrogen and oxygen atoms in total. The average molecular weight is 178 g/mol. The zero-order valence-corrected chi connectivity index (χ0v) is 6.25. The number of nitrogens with zero attached hydrogens (tertiary/aromatic N) is 1. The van der Waals surface area contributed by atoms with Crippen LogP contribution < -0.4 is 4.74 Å². The van der Waals surface area contributed by atoms with Gasteiger partial charge in [-0.2, -0.15) is 0 Å². The summed E-state index contributed by atoms with van der Waals surface area (Å²) in [6.45, 7) is 1.52. The number of aryl methyl sites for hydroxylation is 1. The van der Waals surface area contributed by atoms with E-state index in [0.717, 1.165) is 0 Å². The molecule has 6 heteroatoms. The lowest BCUT2D eigenvalue weighted by atomic mass is 10.4. The third-order valence-corrected chi connectivity index (χ3v) is 1.20. The Morgan fingerprint density at radius 2 is 2.45 bits per heavy atom. The van der Waals surface area contributed by atoms with E-state index in [4.69, 9.17) is 16.7 Å². The summed E-state index contributed by atoms with van der Waals surface area (Å²) in [6, 6.07) is 0. The van der Waals surface area contributed by atoms with E-state index in [-0.39, 0.29) is 11.0 Å². The normalized spacial score (nSPS) is 9.64. The average Bonchev–Trinajstić information content (AvgIpc) is 2.18. The van der Waals surface area contributed by atoms with Gasteiger partial charge >= 0.3 is 6.16 Å². The number of ether oxygens (including phenoxy) is 1. The first-order valence-electron chi connectivity index (χ1n) is 2.64. The van der Waals surface area contributed by atoms with Gasteiger partial charge in [0.15, 0.2) is 0 Å². The molecular formula is C5H4ClNO4. The zero-order valence-electron chi connectivity index (χ0n) is 5.50. The zero-order chi connectivity index (χ0) is 8.43. The second kappa shape index (κ2) is 2.79. The molecule has 0 saturated heterocycles. The Morgan fingerprint density at radius 1 is 1.82 bits per heavy atom. The van der Waals surface area contributed by atoms with Gasteiger partial charge in [-0.1, -0.05) is 5.16 Å². The molecule has 0 fully saturated rings. The smallest absolute Gasteiger partial charge is 0.449 e. The fraction of sp³-hybridized carbons (Fsp3) is 0.200. The summed E-state index contributed by atoms with van der Waals surface area (Å²) in [5, 5.41) is 11.4. The van der Waals surface area contributed by atoms with E-state index in [1.54, 1.807) is 0 Å². The highest BCUT2D eigenvalue weighted by molar-refractivity contribution is 6.30. The van der Waals surface area contributed by atoms with E-state index < -0.39 is 6.16 Å². The topological polar surface area (TPSA) is 72.6 Å². The summed E-state index contributed by atoms with van der Waals surface area (Å²) in [7, 11) is 0. The summed E-state index contributed by atoms with van der Waals surface area (Å²) in [5.74, 6) is -0.0563. The van der Waals surface area contributed by atoms with E-state index >= 15 is 0 Å². The van der Waals surface area contributed by atoms with Crippen LogP contribution in [0, 0.1) is 6.92 Å². The van der Waals surface area contributed by atoms with E-state index in [2.05, 4.69) is 14.4 Å². The minimum Gasteiger partial charge on any atom is -0.449 e. The molecule has 0 unspecified atom stereocenters. The van der Waals surface area contributed by atoms with Crippen LogP contribution in [0.2, 0.25) is 5.22 Å². The largest absolute Gasteiger partial charge is 0.511 e. The Labute approximate surface area is 66.5 Å². The molecule has 1 rings (SSSR count). The van der Waals surface area contributed by atoms with Crippen LogP contribution in [-0.4, -0.2) is 16.4 Å². The molecule has 0 aliphatic rings. The van der Waals surface area contributed by atoms with Crippen molar-refractivity contribution in [1.29, 1.82) is 0 Å². The fourth-order valence-corrected chi connectivity index (χ4v) is 0.745. The number of aromatic nitrogens is 1. The Morgan fingerprint density at radius 3 is 2.82 bits per heavy atom. The molecule has 1 N–H and O–H groups in total. The lowest BCUT2D eigenvalue weighted by molar-refractivity contribution is 0.144. The van der Waals surface area contributed by atoms with Crippen molar-refractivity contribution < 1.29 is 19.2 Å². The monoisotopic (exact) mass is 177 g/mol. The van der Waals surface area contributed by atoms with Crippen LogP contribution in [0.4, 0.5) is 4.79 Å². The van der Waals surface area contributed by atoms with Gasteiger partial charge in [-0.05, 0) is 18.5 Å². The molecule has 0 aliphatic carbocycles.